The molecule has 2 fully saturated rings. The highest BCUT2D eigenvalue weighted by atomic mass is 16.5. The van der Waals surface area contributed by atoms with Gasteiger partial charge < -0.3 is 14.4 Å². The molecule has 30 heavy (non-hydrogen) atoms. The topological polar surface area (TPSA) is 42.8 Å². The summed E-state index contributed by atoms with van der Waals surface area (Å²) in [6.07, 6.45) is 9.17. The molecular formula is C24H36N4O2. The van der Waals surface area contributed by atoms with Gasteiger partial charge in [-0.05, 0) is 68.5 Å². The van der Waals surface area contributed by atoms with Gasteiger partial charge >= 0.3 is 0 Å². The van der Waals surface area contributed by atoms with Crippen LogP contribution in [0.2, 0.25) is 0 Å². The Morgan fingerprint density at radius 2 is 2.07 bits per heavy atom. The summed E-state index contributed by atoms with van der Waals surface area (Å²) in [5.74, 6) is 0.763. The maximum Gasteiger partial charge on any atom is 0.0702 e. The van der Waals surface area contributed by atoms with E-state index in [4.69, 9.17) is 9.47 Å². The van der Waals surface area contributed by atoms with Gasteiger partial charge in [0, 0.05) is 52.3 Å². The minimum atomic E-state index is 0.390. The molecule has 0 amide bonds. The molecule has 0 spiro atoms. The van der Waals surface area contributed by atoms with E-state index >= 15 is 0 Å². The van der Waals surface area contributed by atoms with Crippen LogP contribution in [0.15, 0.2) is 42.7 Å². The number of methoxy groups -OCH3 is 1. The molecular weight excluding hydrogens is 376 g/mol. The number of likely N-dealkylation sites (tertiary alicyclic amines) is 1. The number of piperidine rings is 1. The highest BCUT2D eigenvalue weighted by Gasteiger charge is 2.24. The van der Waals surface area contributed by atoms with Crippen LogP contribution in [0.1, 0.15) is 31.2 Å². The van der Waals surface area contributed by atoms with E-state index in [2.05, 4.69) is 39.2 Å². The molecule has 4 rings (SSSR count). The van der Waals surface area contributed by atoms with Crippen LogP contribution in [0, 0.1) is 5.92 Å². The minimum absolute atomic E-state index is 0.390. The molecule has 1 unspecified atom stereocenters. The minimum Gasteiger partial charge on any atom is -0.383 e. The van der Waals surface area contributed by atoms with Crippen LogP contribution in [0.5, 0.6) is 0 Å². The number of ether oxygens (including phenoxy) is 2. The molecule has 0 aliphatic carbocycles. The fourth-order valence-electron chi connectivity index (χ4n) is 4.74. The van der Waals surface area contributed by atoms with E-state index in [-0.39, 0.29) is 0 Å². The van der Waals surface area contributed by atoms with E-state index in [1.807, 2.05) is 23.1 Å². The number of rotatable bonds is 10. The molecule has 0 saturated carbocycles. The van der Waals surface area contributed by atoms with E-state index < -0.39 is 0 Å². The predicted molar refractivity (Wildman–Crippen MR) is 119 cm³/mol. The van der Waals surface area contributed by atoms with E-state index in [0.29, 0.717) is 6.10 Å². The van der Waals surface area contributed by atoms with Crippen molar-refractivity contribution in [2.24, 2.45) is 5.92 Å². The van der Waals surface area contributed by atoms with Crippen LogP contribution in [0.4, 0.5) is 0 Å². The molecule has 3 heterocycles. The highest BCUT2D eigenvalue weighted by molar-refractivity contribution is 5.35. The summed E-state index contributed by atoms with van der Waals surface area (Å²) in [6, 6.07) is 10.7. The Hall–Kier alpha value is -1.73. The van der Waals surface area contributed by atoms with Gasteiger partial charge in [0.1, 0.15) is 0 Å². The molecule has 1 aromatic heterocycles. The molecule has 0 bridgehead atoms. The van der Waals surface area contributed by atoms with Gasteiger partial charge in [-0.25, -0.2) is 4.68 Å². The van der Waals surface area contributed by atoms with Crippen LogP contribution in [-0.4, -0.2) is 78.7 Å². The maximum atomic E-state index is 5.98. The van der Waals surface area contributed by atoms with Crippen LogP contribution in [0.3, 0.4) is 0 Å². The van der Waals surface area contributed by atoms with Gasteiger partial charge in [0.2, 0.25) is 0 Å². The first-order valence-corrected chi connectivity index (χ1v) is 11.4. The van der Waals surface area contributed by atoms with Gasteiger partial charge in [-0.1, -0.05) is 12.1 Å². The zero-order chi connectivity index (χ0) is 20.6. The van der Waals surface area contributed by atoms with Crippen molar-refractivity contribution in [3.05, 3.63) is 48.3 Å². The Morgan fingerprint density at radius 3 is 2.80 bits per heavy atom. The van der Waals surface area contributed by atoms with Crippen molar-refractivity contribution in [2.75, 3.05) is 53.0 Å². The Morgan fingerprint density at radius 1 is 1.17 bits per heavy atom. The standard InChI is InChI=1S/C24H36N4O2/c1-29-16-14-26-12-8-21(9-13-26)18-27(20-24-7-3-15-30-24)19-22-5-2-6-23(17-22)28-11-4-10-25-28/h2,4-6,10-11,17,21,24H,3,7-9,12-16,18-20H2,1H3. The van der Waals surface area contributed by atoms with Crippen molar-refractivity contribution in [3.63, 3.8) is 0 Å². The van der Waals surface area contributed by atoms with Gasteiger partial charge in [0.05, 0.1) is 18.4 Å². The third kappa shape index (κ3) is 6.14. The van der Waals surface area contributed by atoms with Crippen LogP contribution in [-0.2, 0) is 16.0 Å². The van der Waals surface area contributed by atoms with E-state index in [0.717, 1.165) is 51.0 Å². The van der Waals surface area contributed by atoms with Gasteiger partial charge in [-0.15, -0.1) is 0 Å². The van der Waals surface area contributed by atoms with Crippen molar-refractivity contribution < 1.29 is 9.47 Å². The molecule has 2 aromatic rings. The van der Waals surface area contributed by atoms with Gasteiger partial charge in [0.15, 0.2) is 0 Å². The fraction of sp³-hybridized carbons (Fsp3) is 0.625. The molecule has 2 aliphatic rings. The van der Waals surface area contributed by atoms with Gasteiger partial charge in [0.25, 0.3) is 0 Å². The third-order valence-electron chi connectivity index (χ3n) is 6.41. The smallest absolute Gasteiger partial charge is 0.0702 e. The van der Waals surface area contributed by atoms with E-state index in [1.165, 1.54) is 44.3 Å². The third-order valence-corrected chi connectivity index (χ3v) is 6.41. The van der Waals surface area contributed by atoms with Crippen molar-refractivity contribution >= 4 is 0 Å². The lowest BCUT2D eigenvalue weighted by Gasteiger charge is -2.35. The second kappa shape index (κ2) is 11.0. The molecule has 6 heteroatoms. The Labute approximate surface area is 180 Å². The molecule has 2 saturated heterocycles. The summed E-state index contributed by atoms with van der Waals surface area (Å²) in [4.78, 5) is 5.17. The first kappa shape index (κ1) is 21.5. The lowest BCUT2D eigenvalue weighted by molar-refractivity contribution is 0.0552. The van der Waals surface area contributed by atoms with Gasteiger partial charge in [-0.2, -0.15) is 5.10 Å². The number of hydrogen-bond acceptors (Lipinski definition) is 5. The average Bonchev–Trinajstić information content (AvgIpc) is 3.48. The quantitative estimate of drug-likeness (QED) is 0.600. The van der Waals surface area contributed by atoms with Crippen molar-refractivity contribution in [1.82, 2.24) is 19.6 Å². The Balaban J connectivity index is 1.37. The second-order valence-corrected chi connectivity index (χ2v) is 8.73. The lowest BCUT2D eigenvalue weighted by Crippen LogP contribution is -2.41. The SMILES string of the molecule is COCCN1CCC(CN(Cc2cccc(-n3cccn3)c2)CC2CCCO2)CC1. The fourth-order valence-corrected chi connectivity index (χ4v) is 4.74. The monoisotopic (exact) mass is 412 g/mol. The molecule has 164 valence electrons. The predicted octanol–water partition coefficient (Wildman–Crippen LogP) is 3.21. The van der Waals surface area contributed by atoms with Crippen LogP contribution >= 0.6 is 0 Å². The van der Waals surface area contributed by atoms with Crippen molar-refractivity contribution in [2.45, 2.75) is 38.3 Å². The van der Waals surface area contributed by atoms with Crippen molar-refractivity contribution in [1.29, 1.82) is 0 Å². The second-order valence-electron chi connectivity index (χ2n) is 8.73. The number of nitrogens with zero attached hydrogens (tertiary/aromatic N) is 4. The summed E-state index contributed by atoms with van der Waals surface area (Å²) < 4.78 is 13.2. The lowest BCUT2D eigenvalue weighted by atomic mass is 9.95. The van der Waals surface area contributed by atoms with E-state index in [9.17, 15) is 0 Å². The molecule has 6 nitrogen and oxygen atoms in total. The molecule has 2 aliphatic heterocycles. The van der Waals surface area contributed by atoms with Crippen LogP contribution < -0.4 is 0 Å². The molecule has 1 aromatic carbocycles. The van der Waals surface area contributed by atoms with E-state index in [1.54, 1.807) is 7.11 Å². The van der Waals surface area contributed by atoms with Gasteiger partial charge in [-0.3, -0.25) is 4.90 Å². The summed E-state index contributed by atoms with van der Waals surface area (Å²) in [7, 11) is 1.79. The Bertz CT molecular complexity index is 737. The summed E-state index contributed by atoms with van der Waals surface area (Å²) in [5, 5.41) is 4.38. The Kier molecular flexibility index (Phi) is 7.92. The highest BCUT2D eigenvalue weighted by Crippen LogP contribution is 2.22. The molecule has 0 radical (unpaired) electrons. The average molecular weight is 413 g/mol. The largest absolute Gasteiger partial charge is 0.383 e. The van der Waals surface area contributed by atoms with Crippen LogP contribution in [0.25, 0.3) is 5.69 Å². The normalized spacial score (nSPS) is 20.9. The number of hydrogen-bond donors (Lipinski definition) is 0. The number of aromatic nitrogens is 2. The summed E-state index contributed by atoms with van der Waals surface area (Å²) in [5.41, 5.74) is 2.47. The summed E-state index contributed by atoms with van der Waals surface area (Å²) >= 11 is 0. The first-order chi connectivity index (χ1) is 14.8. The first-order valence-electron chi connectivity index (χ1n) is 11.4. The summed E-state index contributed by atoms with van der Waals surface area (Å²) in [6.45, 7) is 8.36. The zero-order valence-corrected chi connectivity index (χ0v) is 18.3. The molecule has 1 atom stereocenters. The molecule has 0 N–H and O–H groups in total. The maximum absolute atomic E-state index is 5.98. The van der Waals surface area contributed by atoms with Crippen molar-refractivity contribution in [3.8, 4) is 5.69 Å². The zero-order valence-electron chi connectivity index (χ0n) is 18.3. The number of benzene rings is 1.